The number of nitrogens with one attached hydrogen (secondary N) is 1. The van der Waals surface area contributed by atoms with E-state index in [2.05, 4.69) is 19.2 Å². The Bertz CT molecular complexity index is 240. The summed E-state index contributed by atoms with van der Waals surface area (Å²) in [7, 11) is 0. The van der Waals surface area contributed by atoms with E-state index in [1.54, 1.807) is 0 Å². The van der Waals surface area contributed by atoms with Gasteiger partial charge in [-0.05, 0) is 37.7 Å². The van der Waals surface area contributed by atoms with Crippen LogP contribution in [0.3, 0.4) is 0 Å². The fraction of sp³-hybridized carbons (Fsp3) is 0.923. The van der Waals surface area contributed by atoms with Crippen LogP contribution in [-0.4, -0.2) is 30.0 Å². The van der Waals surface area contributed by atoms with E-state index in [0.29, 0.717) is 6.54 Å². The number of carbonyl (C=O) groups excluding carboxylic acids is 1. The molecule has 17 heavy (non-hydrogen) atoms. The Hall–Kier alpha value is -0.220. The summed E-state index contributed by atoms with van der Waals surface area (Å²) in [5.74, 6) is 2.45. The summed E-state index contributed by atoms with van der Waals surface area (Å²) >= 11 is 1.92. The van der Waals surface area contributed by atoms with Crippen molar-refractivity contribution in [3.05, 3.63) is 0 Å². The van der Waals surface area contributed by atoms with Gasteiger partial charge in [-0.3, -0.25) is 4.79 Å². The molecule has 1 saturated carbocycles. The maximum atomic E-state index is 12.2. The fourth-order valence-electron chi connectivity index (χ4n) is 2.43. The normalized spacial score (nSPS) is 20.2. The molecule has 0 heterocycles. The Kier molecular flexibility index (Phi) is 6.34. The lowest BCUT2D eigenvalue weighted by molar-refractivity contribution is -0.131. The summed E-state index contributed by atoms with van der Waals surface area (Å²) in [5, 5.41) is 3.14. The van der Waals surface area contributed by atoms with Gasteiger partial charge in [-0.15, -0.1) is 0 Å². The SMILES string of the molecule is CCSCCC(C)NC(=O)C1(CN)CCCC1. The lowest BCUT2D eigenvalue weighted by atomic mass is 9.85. The van der Waals surface area contributed by atoms with E-state index < -0.39 is 0 Å². The molecule has 0 bridgehead atoms. The first-order valence-electron chi connectivity index (χ1n) is 6.73. The molecule has 1 atom stereocenters. The quantitative estimate of drug-likeness (QED) is 0.688. The van der Waals surface area contributed by atoms with Crippen molar-refractivity contribution in [3.63, 3.8) is 0 Å². The summed E-state index contributed by atoms with van der Waals surface area (Å²) in [4.78, 5) is 12.2. The summed E-state index contributed by atoms with van der Waals surface area (Å²) in [6.07, 6.45) is 5.26. The smallest absolute Gasteiger partial charge is 0.227 e. The molecule has 0 spiro atoms. The average Bonchev–Trinajstić information content (AvgIpc) is 2.79. The van der Waals surface area contributed by atoms with Gasteiger partial charge in [0.25, 0.3) is 0 Å². The molecule has 0 saturated heterocycles. The number of thioether (sulfide) groups is 1. The second kappa shape index (κ2) is 7.27. The third-order valence-corrected chi connectivity index (χ3v) is 4.64. The molecule has 1 aliphatic rings. The van der Waals surface area contributed by atoms with Crippen LogP contribution in [0.4, 0.5) is 0 Å². The van der Waals surface area contributed by atoms with Gasteiger partial charge in [0, 0.05) is 12.6 Å². The van der Waals surface area contributed by atoms with Crippen LogP contribution < -0.4 is 11.1 Å². The molecule has 100 valence electrons. The van der Waals surface area contributed by atoms with Gasteiger partial charge in [-0.2, -0.15) is 11.8 Å². The molecular weight excluding hydrogens is 232 g/mol. The third-order valence-electron chi connectivity index (χ3n) is 3.71. The Morgan fingerprint density at radius 3 is 2.65 bits per heavy atom. The Labute approximate surface area is 109 Å². The van der Waals surface area contributed by atoms with Crippen LogP contribution in [0.15, 0.2) is 0 Å². The van der Waals surface area contributed by atoms with Gasteiger partial charge in [0.15, 0.2) is 0 Å². The van der Waals surface area contributed by atoms with Crippen LogP contribution in [0.25, 0.3) is 0 Å². The van der Waals surface area contributed by atoms with Gasteiger partial charge >= 0.3 is 0 Å². The van der Waals surface area contributed by atoms with Gasteiger partial charge in [0.1, 0.15) is 0 Å². The number of hydrogen-bond donors (Lipinski definition) is 2. The highest BCUT2D eigenvalue weighted by Gasteiger charge is 2.39. The minimum absolute atomic E-state index is 0.187. The van der Waals surface area contributed by atoms with Gasteiger partial charge in [0.05, 0.1) is 5.41 Å². The molecule has 3 nitrogen and oxygen atoms in total. The molecule has 1 fully saturated rings. The Morgan fingerprint density at radius 1 is 1.47 bits per heavy atom. The summed E-state index contributed by atoms with van der Waals surface area (Å²) in [5.41, 5.74) is 5.54. The highest BCUT2D eigenvalue weighted by molar-refractivity contribution is 7.99. The summed E-state index contributed by atoms with van der Waals surface area (Å²) in [6.45, 7) is 4.75. The Balaban J connectivity index is 2.36. The molecule has 1 rings (SSSR count). The van der Waals surface area contributed by atoms with Crippen molar-refractivity contribution in [2.24, 2.45) is 11.1 Å². The van der Waals surface area contributed by atoms with Gasteiger partial charge in [0.2, 0.25) is 5.91 Å². The molecule has 1 amide bonds. The van der Waals surface area contributed by atoms with Crippen LogP contribution >= 0.6 is 11.8 Å². The highest BCUT2D eigenvalue weighted by atomic mass is 32.2. The highest BCUT2D eigenvalue weighted by Crippen LogP contribution is 2.37. The van der Waals surface area contributed by atoms with E-state index in [0.717, 1.165) is 43.6 Å². The zero-order valence-corrected chi connectivity index (χ0v) is 11.9. The molecule has 4 heteroatoms. The number of hydrogen-bond acceptors (Lipinski definition) is 3. The van der Waals surface area contributed by atoms with Crippen LogP contribution in [0.2, 0.25) is 0 Å². The van der Waals surface area contributed by atoms with Crippen LogP contribution in [-0.2, 0) is 4.79 Å². The topological polar surface area (TPSA) is 55.1 Å². The van der Waals surface area contributed by atoms with Crippen molar-refractivity contribution >= 4 is 17.7 Å². The van der Waals surface area contributed by atoms with E-state index in [1.807, 2.05) is 11.8 Å². The van der Waals surface area contributed by atoms with E-state index in [-0.39, 0.29) is 17.4 Å². The van der Waals surface area contributed by atoms with Crippen molar-refractivity contribution in [3.8, 4) is 0 Å². The summed E-state index contributed by atoms with van der Waals surface area (Å²) in [6, 6.07) is 0.269. The molecule has 1 unspecified atom stereocenters. The zero-order chi connectivity index (χ0) is 12.7. The van der Waals surface area contributed by atoms with E-state index in [9.17, 15) is 4.79 Å². The monoisotopic (exact) mass is 258 g/mol. The largest absolute Gasteiger partial charge is 0.353 e. The van der Waals surface area contributed by atoms with Gasteiger partial charge in [-0.25, -0.2) is 0 Å². The van der Waals surface area contributed by atoms with Gasteiger partial charge < -0.3 is 11.1 Å². The molecule has 0 aromatic rings. The van der Waals surface area contributed by atoms with Gasteiger partial charge in [-0.1, -0.05) is 19.8 Å². The molecule has 0 radical (unpaired) electrons. The first-order valence-corrected chi connectivity index (χ1v) is 7.89. The maximum absolute atomic E-state index is 12.2. The van der Waals surface area contributed by atoms with E-state index in [1.165, 1.54) is 0 Å². The number of amides is 1. The third kappa shape index (κ3) is 4.18. The molecular formula is C13H26N2OS. The fourth-order valence-corrected chi connectivity index (χ4v) is 3.24. The molecule has 1 aliphatic carbocycles. The number of nitrogens with two attached hydrogens (primary N) is 1. The van der Waals surface area contributed by atoms with E-state index >= 15 is 0 Å². The molecule has 0 aromatic carbocycles. The first kappa shape index (κ1) is 14.8. The second-order valence-electron chi connectivity index (χ2n) is 5.05. The first-order chi connectivity index (χ1) is 8.14. The summed E-state index contributed by atoms with van der Waals surface area (Å²) < 4.78 is 0. The van der Waals surface area contributed by atoms with Crippen molar-refractivity contribution < 1.29 is 4.79 Å². The van der Waals surface area contributed by atoms with Crippen molar-refractivity contribution in [2.75, 3.05) is 18.1 Å². The number of rotatable bonds is 7. The second-order valence-corrected chi connectivity index (χ2v) is 6.45. The predicted molar refractivity (Wildman–Crippen MR) is 75.2 cm³/mol. The lowest BCUT2D eigenvalue weighted by Crippen LogP contribution is -2.47. The van der Waals surface area contributed by atoms with Crippen molar-refractivity contribution in [1.82, 2.24) is 5.32 Å². The van der Waals surface area contributed by atoms with Crippen molar-refractivity contribution in [2.45, 2.75) is 52.0 Å². The molecule has 0 aromatic heterocycles. The average molecular weight is 258 g/mol. The van der Waals surface area contributed by atoms with E-state index in [4.69, 9.17) is 5.73 Å². The Morgan fingerprint density at radius 2 is 2.12 bits per heavy atom. The minimum Gasteiger partial charge on any atom is -0.353 e. The van der Waals surface area contributed by atoms with Crippen LogP contribution in [0, 0.1) is 5.41 Å². The standard InChI is InChI=1S/C13H26N2OS/c1-3-17-9-6-11(2)15-12(16)13(10-14)7-4-5-8-13/h11H,3-10,14H2,1-2H3,(H,15,16). The molecule has 3 N–H and O–H groups in total. The lowest BCUT2D eigenvalue weighted by Gasteiger charge is -2.27. The number of carbonyl (C=O) groups is 1. The van der Waals surface area contributed by atoms with Crippen molar-refractivity contribution in [1.29, 1.82) is 0 Å². The molecule has 0 aliphatic heterocycles. The van der Waals surface area contributed by atoms with Crippen LogP contribution in [0.5, 0.6) is 0 Å². The maximum Gasteiger partial charge on any atom is 0.227 e. The predicted octanol–water partition coefficient (Wildman–Crippen LogP) is 2.15. The van der Waals surface area contributed by atoms with Crippen LogP contribution in [0.1, 0.15) is 46.0 Å². The minimum atomic E-state index is -0.258. The zero-order valence-electron chi connectivity index (χ0n) is 11.1.